The number of aromatic nitrogens is 4. The van der Waals surface area contributed by atoms with Crippen molar-refractivity contribution in [2.75, 3.05) is 13.1 Å². The number of aliphatic carboxylic acids is 1. The molecule has 0 aromatic carbocycles. The summed E-state index contributed by atoms with van der Waals surface area (Å²) in [7, 11) is 0. The second-order valence-electron chi connectivity index (χ2n) is 6.43. The Bertz CT molecular complexity index is 907. The summed E-state index contributed by atoms with van der Waals surface area (Å²) in [6, 6.07) is 6.31. The Kier molecular flexibility index (Phi) is 6.70. The fraction of sp³-hybridized carbons (Fsp3) is 0.389. The lowest BCUT2D eigenvalue weighted by Crippen LogP contribution is -2.26. The first-order chi connectivity index (χ1) is 13.8. The molecule has 1 N–H and O–H groups in total. The standard InChI is InChI=1S/C16H19N5S.C2HF3O2/c1-3-15(22-10-1)13-19-7-4-16-17-11-14(21(16)9-8-19)12-20-6-2-5-18-20;3-2(4,5)1(6)7/h1-3,5-6,10-11H,4,7-9,12-13H2;(H,6,7). The molecule has 0 atom stereocenters. The van der Waals surface area contributed by atoms with E-state index in [0.29, 0.717) is 0 Å². The van der Waals surface area contributed by atoms with Crippen LogP contribution in [0.4, 0.5) is 13.2 Å². The maximum Gasteiger partial charge on any atom is 0.490 e. The van der Waals surface area contributed by atoms with Gasteiger partial charge in [-0.1, -0.05) is 6.07 Å². The molecule has 0 bridgehead atoms. The van der Waals surface area contributed by atoms with Gasteiger partial charge in [0, 0.05) is 49.9 Å². The van der Waals surface area contributed by atoms with Crippen LogP contribution < -0.4 is 0 Å². The highest BCUT2D eigenvalue weighted by molar-refractivity contribution is 7.09. The van der Waals surface area contributed by atoms with Crippen LogP contribution in [0, 0.1) is 0 Å². The van der Waals surface area contributed by atoms with Crippen molar-refractivity contribution < 1.29 is 23.1 Å². The summed E-state index contributed by atoms with van der Waals surface area (Å²) in [5.74, 6) is -1.55. The molecule has 29 heavy (non-hydrogen) atoms. The lowest BCUT2D eigenvalue weighted by atomic mass is 10.3. The maximum absolute atomic E-state index is 10.6. The van der Waals surface area contributed by atoms with Crippen LogP contribution in [-0.4, -0.2) is 54.6 Å². The van der Waals surface area contributed by atoms with Gasteiger partial charge in [0.2, 0.25) is 0 Å². The van der Waals surface area contributed by atoms with E-state index in [1.807, 2.05) is 40.7 Å². The largest absolute Gasteiger partial charge is 0.490 e. The van der Waals surface area contributed by atoms with Crippen molar-refractivity contribution in [3.63, 3.8) is 0 Å². The highest BCUT2D eigenvalue weighted by Crippen LogP contribution is 2.17. The van der Waals surface area contributed by atoms with Gasteiger partial charge in [-0.3, -0.25) is 9.58 Å². The second-order valence-corrected chi connectivity index (χ2v) is 7.46. The number of imidazole rings is 1. The van der Waals surface area contributed by atoms with E-state index in [0.717, 1.165) is 39.1 Å². The molecule has 11 heteroatoms. The Labute approximate surface area is 169 Å². The van der Waals surface area contributed by atoms with Gasteiger partial charge in [0.15, 0.2) is 0 Å². The third kappa shape index (κ3) is 5.91. The van der Waals surface area contributed by atoms with Gasteiger partial charge in [-0.15, -0.1) is 11.3 Å². The first kappa shape index (κ1) is 21.1. The van der Waals surface area contributed by atoms with Gasteiger partial charge in [0.1, 0.15) is 5.82 Å². The minimum atomic E-state index is -5.08. The molecule has 0 aliphatic carbocycles. The zero-order chi connectivity index (χ0) is 20.9. The van der Waals surface area contributed by atoms with Gasteiger partial charge in [-0.25, -0.2) is 9.78 Å². The van der Waals surface area contributed by atoms with Crippen molar-refractivity contribution in [2.45, 2.75) is 32.2 Å². The van der Waals surface area contributed by atoms with Crippen molar-refractivity contribution in [3.05, 3.63) is 58.6 Å². The number of halogens is 3. The predicted molar refractivity (Wildman–Crippen MR) is 101 cm³/mol. The zero-order valence-electron chi connectivity index (χ0n) is 15.4. The summed E-state index contributed by atoms with van der Waals surface area (Å²) in [6.45, 7) is 5.02. The molecule has 0 saturated heterocycles. The zero-order valence-corrected chi connectivity index (χ0v) is 16.2. The topological polar surface area (TPSA) is 76.2 Å². The number of alkyl halides is 3. The summed E-state index contributed by atoms with van der Waals surface area (Å²) in [5.41, 5.74) is 1.25. The summed E-state index contributed by atoms with van der Waals surface area (Å²) in [4.78, 5) is 17.5. The molecule has 4 rings (SSSR count). The molecule has 3 aromatic heterocycles. The molecule has 0 unspecified atom stereocenters. The van der Waals surface area contributed by atoms with Crippen LogP contribution in [0.5, 0.6) is 0 Å². The molecule has 156 valence electrons. The van der Waals surface area contributed by atoms with Crippen molar-refractivity contribution in [3.8, 4) is 0 Å². The number of hydrogen-bond acceptors (Lipinski definition) is 5. The molecule has 0 amide bonds. The van der Waals surface area contributed by atoms with Gasteiger partial charge < -0.3 is 9.67 Å². The molecule has 1 aliphatic heterocycles. The van der Waals surface area contributed by atoms with Gasteiger partial charge in [-0.05, 0) is 17.5 Å². The molecule has 0 saturated carbocycles. The average molecular weight is 427 g/mol. The predicted octanol–water partition coefficient (Wildman–Crippen LogP) is 2.88. The highest BCUT2D eigenvalue weighted by atomic mass is 32.1. The Morgan fingerprint density at radius 1 is 1.21 bits per heavy atom. The molecule has 1 aliphatic rings. The lowest BCUT2D eigenvalue weighted by molar-refractivity contribution is -0.192. The fourth-order valence-corrected chi connectivity index (χ4v) is 3.75. The van der Waals surface area contributed by atoms with Crippen LogP contribution in [0.25, 0.3) is 0 Å². The molecular weight excluding hydrogens is 407 g/mol. The van der Waals surface area contributed by atoms with Crippen LogP contribution in [0.15, 0.2) is 42.2 Å². The van der Waals surface area contributed by atoms with E-state index in [4.69, 9.17) is 9.90 Å². The third-order valence-corrected chi connectivity index (χ3v) is 5.26. The average Bonchev–Trinajstić information content (AvgIpc) is 3.39. The lowest BCUT2D eigenvalue weighted by Gasteiger charge is -2.18. The van der Waals surface area contributed by atoms with E-state index in [9.17, 15) is 13.2 Å². The van der Waals surface area contributed by atoms with Crippen LogP contribution in [-0.2, 0) is 30.8 Å². The van der Waals surface area contributed by atoms with Crippen molar-refractivity contribution in [1.29, 1.82) is 0 Å². The van der Waals surface area contributed by atoms with E-state index in [1.165, 1.54) is 16.4 Å². The molecule has 0 fully saturated rings. The van der Waals surface area contributed by atoms with Crippen LogP contribution in [0.2, 0.25) is 0 Å². The van der Waals surface area contributed by atoms with Crippen LogP contribution >= 0.6 is 11.3 Å². The SMILES string of the molecule is O=C(O)C(F)(F)F.c1csc(CN2CCc3ncc(Cn4cccn4)n3CC2)c1. The number of hydrogen-bond donors (Lipinski definition) is 1. The van der Waals surface area contributed by atoms with Crippen molar-refractivity contribution >= 4 is 17.3 Å². The van der Waals surface area contributed by atoms with Crippen LogP contribution in [0.3, 0.4) is 0 Å². The van der Waals surface area contributed by atoms with E-state index < -0.39 is 12.1 Å². The van der Waals surface area contributed by atoms with E-state index >= 15 is 0 Å². The number of carboxylic acid groups (broad SMARTS) is 1. The second kappa shape index (κ2) is 9.23. The molecule has 0 spiro atoms. The molecule has 3 aromatic rings. The fourth-order valence-electron chi connectivity index (χ4n) is 3.00. The minimum Gasteiger partial charge on any atom is -0.475 e. The number of carboxylic acids is 1. The number of fused-ring (bicyclic) bond motifs is 1. The van der Waals surface area contributed by atoms with Gasteiger partial charge >= 0.3 is 12.1 Å². The van der Waals surface area contributed by atoms with E-state index in [1.54, 1.807) is 0 Å². The summed E-state index contributed by atoms with van der Waals surface area (Å²) < 4.78 is 36.1. The van der Waals surface area contributed by atoms with Crippen LogP contribution in [0.1, 0.15) is 16.4 Å². The maximum atomic E-state index is 10.6. The number of nitrogens with zero attached hydrogens (tertiary/aromatic N) is 5. The molecule has 7 nitrogen and oxygen atoms in total. The Morgan fingerprint density at radius 3 is 2.62 bits per heavy atom. The number of carbonyl (C=O) groups is 1. The van der Waals surface area contributed by atoms with Crippen molar-refractivity contribution in [1.82, 2.24) is 24.2 Å². The van der Waals surface area contributed by atoms with E-state index in [2.05, 4.69) is 37.1 Å². The molecular formula is C18H20F3N5O2S. The summed E-state index contributed by atoms with van der Waals surface area (Å²) >= 11 is 1.84. The first-order valence-electron chi connectivity index (χ1n) is 8.88. The third-order valence-electron chi connectivity index (χ3n) is 4.40. The molecule has 0 radical (unpaired) electrons. The van der Waals surface area contributed by atoms with Gasteiger partial charge in [0.05, 0.1) is 18.4 Å². The van der Waals surface area contributed by atoms with Gasteiger partial charge in [-0.2, -0.15) is 18.3 Å². The Hall–Kier alpha value is -2.66. The summed E-state index contributed by atoms with van der Waals surface area (Å²) in [6.07, 6.45) is 1.76. The minimum absolute atomic E-state index is 0.797. The van der Waals surface area contributed by atoms with E-state index in [-0.39, 0.29) is 0 Å². The quantitative estimate of drug-likeness (QED) is 0.693. The number of rotatable bonds is 4. The Morgan fingerprint density at radius 2 is 2.00 bits per heavy atom. The smallest absolute Gasteiger partial charge is 0.475 e. The summed E-state index contributed by atoms with van der Waals surface area (Å²) in [5, 5.41) is 13.6. The Balaban J connectivity index is 0.000000298. The van der Waals surface area contributed by atoms with Crippen molar-refractivity contribution in [2.24, 2.45) is 0 Å². The normalized spacial score (nSPS) is 14.6. The first-order valence-corrected chi connectivity index (χ1v) is 9.76. The van der Waals surface area contributed by atoms with Gasteiger partial charge in [0.25, 0.3) is 0 Å². The molecule has 4 heterocycles. The number of thiophene rings is 1. The highest BCUT2D eigenvalue weighted by Gasteiger charge is 2.38. The monoisotopic (exact) mass is 427 g/mol.